The molecule has 278 valence electrons. The Hall–Kier alpha value is -1.78. The molecule has 0 aromatic carbocycles. The summed E-state index contributed by atoms with van der Waals surface area (Å²) in [5.41, 5.74) is 0. The number of carbonyl (C=O) groups excluding carboxylic acids is 1. The van der Waals surface area contributed by atoms with Gasteiger partial charge in [0, 0.05) is 6.92 Å². The zero-order chi connectivity index (χ0) is 35.8. The molecular weight excluding hydrogens is 664 g/mol. The lowest BCUT2D eigenvalue weighted by atomic mass is 9.95. The lowest BCUT2D eigenvalue weighted by Gasteiger charge is -2.49. The molecule has 0 bridgehead atoms. The van der Waals surface area contributed by atoms with Crippen molar-refractivity contribution in [3.63, 3.8) is 0 Å². The number of aliphatic hydroxyl groups excluding tert-OH is 11. The van der Waals surface area contributed by atoms with E-state index >= 15 is 0 Å². The minimum Gasteiger partial charge on any atom is -0.479 e. The average molecular weight is 707 g/mol. The quantitative estimate of drug-likeness (QED) is 0.0938. The van der Waals surface area contributed by atoms with Crippen LogP contribution in [-0.2, 0) is 47.5 Å². The maximum Gasteiger partial charge on any atom is 0.335 e. The molecule has 4 aliphatic heterocycles. The van der Waals surface area contributed by atoms with E-state index in [9.17, 15) is 70.9 Å². The number of ether oxygens (including phenoxy) is 8. The van der Waals surface area contributed by atoms with Gasteiger partial charge in [-0.3, -0.25) is 4.79 Å². The molecule has 4 fully saturated rings. The van der Waals surface area contributed by atoms with Gasteiger partial charge in [0.05, 0.1) is 19.3 Å². The first-order valence-corrected chi connectivity index (χ1v) is 14.8. The Labute approximate surface area is 271 Å². The normalized spacial score (nSPS) is 50.1. The maximum absolute atomic E-state index is 12.0. The highest BCUT2D eigenvalue weighted by molar-refractivity contribution is 5.73. The molecule has 4 aliphatic rings. The van der Waals surface area contributed by atoms with Crippen molar-refractivity contribution in [3.8, 4) is 0 Å². The highest BCUT2D eigenvalue weighted by Crippen LogP contribution is 2.35. The zero-order valence-electron chi connectivity index (χ0n) is 25.4. The Morgan fingerprint density at radius 3 is 1.58 bits per heavy atom. The van der Waals surface area contributed by atoms with Gasteiger partial charge in [0.1, 0.15) is 79.4 Å². The molecule has 4 rings (SSSR count). The van der Waals surface area contributed by atoms with Crippen LogP contribution in [0.2, 0.25) is 0 Å². The number of aliphatic carboxylic acids is 1. The highest BCUT2D eigenvalue weighted by Gasteiger charge is 2.56. The predicted molar refractivity (Wildman–Crippen MR) is 143 cm³/mol. The zero-order valence-corrected chi connectivity index (χ0v) is 25.4. The molecule has 0 aliphatic carbocycles. The van der Waals surface area contributed by atoms with Gasteiger partial charge in [0.15, 0.2) is 37.4 Å². The Balaban J connectivity index is 1.63. The van der Waals surface area contributed by atoms with Gasteiger partial charge in [0.25, 0.3) is 0 Å². The number of hydrogen-bond donors (Lipinski definition) is 12. The molecule has 48 heavy (non-hydrogen) atoms. The SMILES string of the molecule is CC(=O)O[C@@H]1[C@H](O[C@H]2O[C@H](CO)[C@H](O)[C@H](O[C@H]3O[C@H](C(=O)O)[C@@H](O)[C@H](O)[C@H]3O)[C@H]2O)[C@@H](O[C@@H]2O[C@H](CO)[C@@H](O)[C@H](O)[C@H]2O)[C@H](C)O[C@H]1O. The van der Waals surface area contributed by atoms with Crippen LogP contribution < -0.4 is 0 Å². The summed E-state index contributed by atoms with van der Waals surface area (Å²) in [6.45, 7) is 0.538. The minimum absolute atomic E-state index is 0.812. The molecule has 0 aromatic heterocycles. The van der Waals surface area contributed by atoms with E-state index in [2.05, 4.69) is 0 Å². The summed E-state index contributed by atoms with van der Waals surface area (Å²) in [5.74, 6) is -2.72. The molecule has 0 unspecified atom stereocenters. The fraction of sp³-hybridized carbons (Fsp3) is 0.923. The first-order chi connectivity index (χ1) is 22.5. The van der Waals surface area contributed by atoms with Crippen LogP contribution in [-0.4, -0.2) is 209 Å². The Morgan fingerprint density at radius 2 is 1.04 bits per heavy atom. The number of hydrogen-bond acceptors (Lipinski definition) is 21. The van der Waals surface area contributed by atoms with E-state index < -0.39 is 148 Å². The highest BCUT2D eigenvalue weighted by atomic mass is 16.8. The van der Waals surface area contributed by atoms with Crippen LogP contribution in [0.25, 0.3) is 0 Å². The fourth-order valence-corrected chi connectivity index (χ4v) is 5.79. The van der Waals surface area contributed by atoms with Crippen molar-refractivity contribution in [3.05, 3.63) is 0 Å². The summed E-state index contributed by atoms with van der Waals surface area (Å²) in [4.78, 5) is 23.5. The van der Waals surface area contributed by atoms with Crippen LogP contribution in [0.1, 0.15) is 13.8 Å². The van der Waals surface area contributed by atoms with Crippen LogP contribution in [0.3, 0.4) is 0 Å². The third-order valence-electron chi connectivity index (χ3n) is 8.40. The van der Waals surface area contributed by atoms with Gasteiger partial charge in [0.2, 0.25) is 0 Å². The summed E-state index contributed by atoms with van der Waals surface area (Å²) in [6, 6.07) is 0. The number of carbonyl (C=O) groups is 2. The van der Waals surface area contributed by atoms with Gasteiger partial charge < -0.3 is 99.2 Å². The molecule has 20 atom stereocenters. The van der Waals surface area contributed by atoms with Gasteiger partial charge in [-0.25, -0.2) is 4.79 Å². The molecule has 4 saturated heterocycles. The number of esters is 1. The molecule has 0 aromatic rings. The second kappa shape index (κ2) is 16.1. The van der Waals surface area contributed by atoms with Crippen LogP contribution in [0.15, 0.2) is 0 Å². The van der Waals surface area contributed by atoms with Crippen molar-refractivity contribution in [1.82, 2.24) is 0 Å². The monoisotopic (exact) mass is 706 g/mol. The first-order valence-electron chi connectivity index (χ1n) is 14.8. The van der Waals surface area contributed by atoms with Gasteiger partial charge >= 0.3 is 11.9 Å². The van der Waals surface area contributed by atoms with Crippen LogP contribution in [0.5, 0.6) is 0 Å². The largest absolute Gasteiger partial charge is 0.479 e. The Bertz CT molecular complexity index is 1080. The molecule has 4 heterocycles. The van der Waals surface area contributed by atoms with Crippen LogP contribution in [0.4, 0.5) is 0 Å². The lowest BCUT2D eigenvalue weighted by molar-refractivity contribution is -0.390. The van der Waals surface area contributed by atoms with Crippen molar-refractivity contribution >= 4 is 11.9 Å². The number of carboxylic acids is 1. The molecule has 0 amide bonds. The molecule has 0 spiro atoms. The standard InChI is InChI=1S/C26H42O22/c1-5-17(45-24-14(35)11(32)9(30)7(3-27)43-24)20(21(23(40)41-5)42-6(2)29)48-26-16(37)18(10(31)8(4-28)44-26)46-25-15(36)12(33)13(34)19(47-25)22(38)39/h5,7-21,23-28,30-37,40H,3-4H2,1-2H3,(H,38,39)/t5-,7+,8+,9+,10-,11-,12-,13-,14+,15+,16+,17-,18-,19-,20+,21+,23+,24-,25-,26+/m0/s1. The van der Waals surface area contributed by atoms with Gasteiger partial charge in [-0.05, 0) is 6.92 Å². The summed E-state index contributed by atoms with van der Waals surface area (Å²) < 4.78 is 43.7. The molecule has 12 N–H and O–H groups in total. The minimum atomic E-state index is -2.13. The fourth-order valence-electron chi connectivity index (χ4n) is 5.79. The van der Waals surface area contributed by atoms with E-state index in [0.717, 1.165) is 6.92 Å². The van der Waals surface area contributed by atoms with E-state index in [1.54, 1.807) is 0 Å². The van der Waals surface area contributed by atoms with Crippen molar-refractivity contribution in [1.29, 1.82) is 0 Å². The van der Waals surface area contributed by atoms with Gasteiger partial charge in [-0.15, -0.1) is 0 Å². The predicted octanol–water partition coefficient (Wildman–Crippen LogP) is -8.06. The third kappa shape index (κ3) is 7.91. The topological polar surface area (TPSA) is 351 Å². The van der Waals surface area contributed by atoms with Crippen LogP contribution in [0, 0.1) is 0 Å². The molecule has 22 nitrogen and oxygen atoms in total. The Kier molecular flexibility index (Phi) is 13.0. The summed E-state index contributed by atoms with van der Waals surface area (Å²) in [6.07, 6.45) is -37.1. The molecule has 0 saturated carbocycles. The van der Waals surface area contributed by atoms with Gasteiger partial charge in [-0.2, -0.15) is 0 Å². The summed E-state index contributed by atoms with van der Waals surface area (Å²) >= 11 is 0. The second-order valence-electron chi connectivity index (χ2n) is 11.7. The smallest absolute Gasteiger partial charge is 0.335 e. The van der Waals surface area contributed by atoms with Crippen molar-refractivity contribution in [2.75, 3.05) is 13.2 Å². The maximum atomic E-state index is 12.0. The average Bonchev–Trinajstić information content (AvgIpc) is 3.03. The van der Waals surface area contributed by atoms with Crippen molar-refractivity contribution in [2.45, 2.75) is 137 Å². The van der Waals surface area contributed by atoms with Gasteiger partial charge in [-0.1, -0.05) is 0 Å². The van der Waals surface area contributed by atoms with E-state index in [1.165, 1.54) is 6.92 Å². The molecule has 0 radical (unpaired) electrons. The second-order valence-corrected chi connectivity index (χ2v) is 11.7. The van der Waals surface area contributed by atoms with Crippen molar-refractivity contribution < 1.29 is 109 Å². The van der Waals surface area contributed by atoms with E-state index in [1.807, 2.05) is 0 Å². The number of carboxylic acid groups (broad SMARTS) is 1. The third-order valence-corrected chi connectivity index (χ3v) is 8.40. The van der Waals surface area contributed by atoms with E-state index in [4.69, 9.17) is 37.9 Å². The first kappa shape index (κ1) is 39.0. The lowest BCUT2D eigenvalue weighted by Crippen LogP contribution is -2.68. The summed E-state index contributed by atoms with van der Waals surface area (Å²) in [7, 11) is 0. The van der Waals surface area contributed by atoms with E-state index in [-0.39, 0.29) is 0 Å². The number of aliphatic hydroxyl groups is 11. The molecule has 22 heteroatoms. The van der Waals surface area contributed by atoms with Crippen LogP contribution >= 0.6 is 0 Å². The number of rotatable bonds is 10. The molecular formula is C26H42O22. The Morgan fingerprint density at radius 1 is 0.562 bits per heavy atom. The summed E-state index contributed by atoms with van der Waals surface area (Å²) in [5, 5.41) is 123. The van der Waals surface area contributed by atoms with Crippen molar-refractivity contribution in [2.24, 2.45) is 0 Å². The van der Waals surface area contributed by atoms with E-state index in [0.29, 0.717) is 0 Å².